The number of carboxylic acids is 1. The second kappa shape index (κ2) is 11.4. The fourth-order valence-electron chi connectivity index (χ4n) is 4.21. The van der Waals surface area contributed by atoms with Gasteiger partial charge in [0.2, 0.25) is 0 Å². The number of pyridine rings is 1. The van der Waals surface area contributed by atoms with Crippen LogP contribution in [0.25, 0.3) is 5.57 Å². The number of halogens is 3. The number of amides is 1. The summed E-state index contributed by atoms with van der Waals surface area (Å²) in [5.41, 5.74) is -0.346. The molecule has 0 radical (unpaired) electrons. The summed E-state index contributed by atoms with van der Waals surface area (Å²) in [5, 5.41) is 14.1. The molecule has 192 valence electrons. The molecule has 0 aliphatic heterocycles. The third kappa shape index (κ3) is 6.53. The molecule has 9 heteroatoms. The van der Waals surface area contributed by atoms with Gasteiger partial charge in [0.25, 0.3) is 5.91 Å². The van der Waals surface area contributed by atoms with Crippen LogP contribution in [0.2, 0.25) is 0 Å². The van der Waals surface area contributed by atoms with E-state index in [4.69, 9.17) is 5.11 Å². The molecule has 0 saturated carbocycles. The van der Waals surface area contributed by atoms with Gasteiger partial charge in [0.15, 0.2) is 0 Å². The molecule has 3 rings (SSSR count). The van der Waals surface area contributed by atoms with Crippen LogP contribution in [0.1, 0.15) is 49.0 Å². The average Bonchev–Trinajstić information content (AvgIpc) is 2.83. The lowest BCUT2D eigenvalue weighted by molar-refractivity contribution is -0.211. The van der Waals surface area contributed by atoms with Crippen molar-refractivity contribution in [3.8, 4) is 0 Å². The quantitative estimate of drug-likeness (QED) is 0.388. The Balaban J connectivity index is 1.82. The Kier molecular flexibility index (Phi) is 8.55. The first-order valence-corrected chi connectivity index (χ1v) is 11.8. The predicted molar refractivity (Wildman–Crippen MR) is 132 cm³/mol. The second-order valence-corrected chi connectivity index (χ2v) is 9.26. The third-order valence-electron chi connectivity index (χ3n) is 6.16. The Morgan fingerprint density at radius 2 is 1.86 bits per heavy atom. The highest BCUT2D eigenvalue weighted by Crippen LogP contribution is 2.50. The highest BCUT2D eigenvalue weighted by Gasteiger charge is 2.57. The van der Waals surface area contributed by atoms with E-state index in [1.54, 1.807) is 12.2 Å². The Hall–Kier alpha value is -3.62. The summed E-state index contributed by atoms with van der Waals surface area (Å²) in [6.45, 7) is 3.70. The minimum Gasteiger partial charge on any atom is -0.481 e. The Morgan fingerprint density at radius 1 is 1.14 bits per heavy atom. The zero-order chi connectivity index (χ0) is 26.3. The number of alkyl halides is 3. The van der Waals surface area contributed by atoms with Crippen molar-refractivity contribution in [2.75, 3.05) is 11.9 Å². The lowest BCUT2D eigenvalue weighted by atomic mass is 9.70. The van der Waals surface area contributed by atoms with Gasteiger partial charge in [-0.15, -0.1) is 0 Å². The lowest BCUT2D eigenvalue weighted by Gasteiger charge is -2.42. The lowest BCUT2D eigenvalue weighted by Crippen LogP contribution is -2.50. The number of hydrogen-bond donors (Lipinski definition) is 3. The van der Waals surface area contributed by atoms with Crippen molar-refractivity contribution >= 4 is 23.3 Å². The summed E-state index contributed by atoms with van der Waals surface area (Å²) in [7, 11) is 0. The number of carboxylic acid groups (broad SMARTS) is 1. The van der Waals surface area contributed by atoms with Crippen LogP contribution in [0.5, 0.6) is 0 Å². The normalized spacial score (nSPS) is 18.4. The third-order valence-corrected chi connectivity index (χ3v) is 6.16. The largest absolute Gasteiger partial charge is 0.481 e. The molecular weight excluding hydrogens is 471 g/mol. The second-order valence-electron chi connectivity index (χ2n) is 9.26. The number of hydrogen-bond acceptors (Lipinski definition) is 4. The van der Waals surface area contributed by atoms with E-state index in [1.165, 1.54) is 24.4 Å². The van der Waals surface area contributed by atoms with Gasteiger partial charge < -0.3 is 15.7 Å². The number of anilines is 1. The molecule has 0 fully saturated rings. The molecule has 36 heavy (non-hydrogen) atoms. The van der Waals surface area contributed by atoms with E-state index in [1.807, 2.05) is 44.2 Å². The van der Waals surface area contributed by atoms with Gasteiger partial charge in [0.1, 0.15) is 11.2 Å². The first kappa shape index (κ1) is 27.0. The van der Waals surface area contributed by atoms with Crippen LogP contribution in [0.3, 0.4) is 0 Å². The van der Waals surface area contributed by atoms with Gasteiger partial charge in [-0.1, -0.05) is 62.4 Å². The van der Waals surface area contributed by atoms with E-state index in [-0.39, 0.29) is 43.1 Å². The van der Waals surface area contributed by atoms with Gasteiger partial charge in [-0.05, 0) is 42.0 Å². The molecule has 1 unspecified atom stereocenters. The highest BCUT2D eigenvalue weighted by atomic mass is 19.4. The summed E-state index contributed by atoms with van der Waals surface area (Å²) in [6, 6.07) is 11.2. The molecule has 0 spiro atoms. The summed E-state index contributed by atoms with van der Waals surface area (Å²) < 4.78 is 43.9. The average molecular weight is 502 g/mol. The van der Waals surface area contributed by atoms with Crippen molar-refractivity contribution in [3.63, 3.8) is 0 Å². The van der Waals surface area contributed by atoms with Crippen molar-refractivity contribution < 1.29 is 27.9 Å². The van der Waals surface area contributed by atoms with Gasteiger partial charge in [-0.25, -0.2) is 4.98 Å². The molecule has 6 nitrogen and oxygen atoms in total. The van der Waals surface area contributed by atoms with Crippen molar-refractivity contribution in [1.29, 1.82) is 0 Å². The highest BCUT2D eigenvalue weighted by molar-refractivity contribution is 5.94. The number of rotatable bonds is 10. The van der Waals surface area contributed by atoms with Gasteiger partial charge in [-0.2, -0.15) is 13.2 Å². The summed E-state index contributed by atoms with van der Waals surface area (Å²) in [6.07, 6.45) is 0.995. The zero-order valence-corrected chi connectivity index (χ0v) is 20.2. The fourth-order valence-corrected chi connectivity index (χ4v) is 4.21. The summed E-state index contributed by atoms with van der Waals surface area (Å²) in [5.74, 6) is -1.34. The van der Waals surface area contributed by atoms with E-state index >= 15 is 0 Å². The van der Waals surface area contributed by atoms with Crippen LogP contribution in [-0.2, 0) is 4.79 Å². The summed E-state index contributed by atoms with van der Waals surface area (Å²) >= 11 is 0. The molecule has 0 saturated heterocycles. The van der Waals surface area contributed by atoms with Crippen molar-refractivity contribution in [1.82, 2.24) is 10.3 Å². The van der Waals surface area contributed by atoms with Crippen LogP contribution in [0.4, 0.5) is 19.0 Å². The molecule has 1 aliphatic rings. The molecule has 2 atom stereocenters. The number of nitrogens with zero attached hydrogens (tertiary/aromatic N) is 1. The van der Waals surface area contributed by atoms with Gasteiger partial charge in [-0.3, -0.25) is 9.59 Å². The zero-order valence-electron chi connectivity index (χ0n) is 20.2. The molecule has 1 aromatic carbocycles. The molecular formula is C27H30F3N3O3. The molecule has 1 aromatic heterocycles. The van der Waals surface area contributed by atoms with Gasteiger partial charge in [0.05, 0.1) is 12.0 Å². The molecule has 1 aliphatic carbocycles. The molecule has 2 aromatic rings. The van der Waals surface area contributed by atoms with Crippen molar-refractivity contribution in [2.24, 2.45) is 11.3 Å². The molecule has 1 amide bonds. The van der Waals surface area contributed by atoms with E-state index in [9.17, 15) is 22.8 Å². The smallest absolute Gasteiger partial charge is 0.400 e. The van der Waals surface area contributed by atoms with E-state index in [0.717, 1.165) is 11.1 Å². The predicted octanol–water partition coefficient (Wildman–Crippen LogP) is 5.70. The Morgan fingerprint density at radius 3 is 2.39 bits per heavy atom. The molecule has 3 N–H and O–H groups in total. The number of carbonyl (C=O) groups is 2. The number of allylic oxidation sites excluding steroid dienone is 3. The van der Waals surface area contributed by atoms with Gasteiger partial charge >= 0.3 is 12.1 Å². The maximum absolute atomic E-state index is 14.6. The number of nitrogens with one attached hydrogen (secondary N) is 2. The molecule has 1 heterocycles. The Labute approximate surface area is 208 Å². The Bertz CT molecular complexity index is 1110. The van der Waals surface area contributed by atoms with Crippen LogP contribution in [-0.4, -0.2) is 40.7 Å². The SMILES string of the molecule is CC(C)C[C@@H](Nc1ccc(C(=O)NCCC(=O)O)cn1)C1(C(F)(F)F)C=CC(c2ccccc2)=CC1. The van der Waals surface area contributed by atoms with E-state index < -0.39 is 29.5 Å². The first-order valence-electron chi connectivity index (χ1n) is 11.8. The number of benzene rings is 1. The minimum absolute atomic E-state index is 0.0195. The molecule has 0 bridgehead atoms. The van der Waals surface area contributed by atoms with Crippen LogP contribution in [0, 0.1) is 11.3 Å². The standard InChI is InChI=1S/C27H30F3N3O3/c1-18(2)16-22(33-23-9-8-21(17-32-23)25(36)31-15-12-24(34)35)26(27(28,29)30)13-10-20(11-14-26)19-6-4-3-5-7-19/h3-11,13,17-18,22H,12,14-16H2,1-2H3,(H,31,36)(H,32,33)(H,34,35)/t22-,26?/m1/s1. The topological polar surface area (TPSA) is 91.3 Å². The number of aromatic nitrogens is 1. The minimum atomic E-state index is -4.52. The first-order chi connectivity index (χ1) is 17.0. The monoisotopic (exact) mass is 501 g/mol. The van der Waals surface area contributed by atoms with Crippen molar-refractivity contribution in [2.45, 2.75) is 45.3 Å². The van der Waals surface area contributed by atoms with E-state index in [2.05, 4.69) is 15.6 Å². The maximum Gasteiger partial charge on any atom is 0.400 e. The fraction of sp³-hybridized carbons (Fsp3) is 0.370. The number of aliphatic carboxylic acids is 1. The summed E-state index contributed by atoms with van der Waals surface area (Å²) in [4.78, 5) is 26.9. The van der Waals surface area contributed by atoms with Crippen LogP contribution in [0.15, 0.2) is 66.9 Å². The van der Waals surface area contributed by atoms with Gasteiger partial charge in [0, 0.05) is 18.8 Å². The van der Waals surface area contributed by atoms with Crippen LogP contribution >= 0.6 is 0 Å². The van der Waals surface area contributed by atoms with Crippen molar-refractivity contribution in [3.05, 3.63) is 78.0 Å². The maximum atomic E-state index is 14.6. The van der Waals surface area contributed by atoms with Crippen LogP contribution < -0.4 is 10.6 Å². The van der Waals surface area contributed by atoms with E-state index in [0.29, 0.717) is 0 Å². The number of carbonyl (C=O) groups excluding carboxylic acids is 1.